The van der Waals surface area contributed by atoms with Gasteiger partial charge in [0.25, 0.3) is 0 Å². The van der Waals surface area contributed by atoms with Crippen LogP contribution in [-0.2, 0) is 11.5 Å². The summed E-state index contributed by atoms with van der Waals surface area (Å²) in [6, 6.07) is 3.16. The van der Waals surface area contributed by atoms with E-state index < -0.39 is 8.07 Å². The van der Waals surface area contributed by atoms with Crippen LogP contribution in [0.1, 0.15) is 0 Å². The van der Waals surface area contributed by atoms with Gasteiger partial charge >= 0.3 is 0 Å². The summed E-state index contributed by atoms with van der Waals surface area (Å²) in [5.41, 5.74) is 1.99. The zero-order valence-electron chi connectivity index (χ0n) is 10.7. The molecule has 0 unspecified atom stereocenters. The van der Waals surface area contributed by atoms with E-state index >= 15 is 0 Å². The van der Waals surface area contributed by atoms with Crippen LogP contribution in [0.2, 0.25) is 25.7 Å². The number of aromatic nitrogens is 3. The summed E-state index contributed by atoms with van der Waals surface area (Å²) in [5.74, 6) is 0. The van der Waals surface area contributed by atoms with Crippen molar-refractivity contribution in [2.45, 2.75) is 32.4 Å². The fraction of sp³-hybridized carbons (Fsp3) is 0.500. The van der Waals surface area contributed by atoms with Crippen molar-refractivity contribution < 1.29 is 4.74 Å². The molecule has 5 heteroatoms. The lowest BCUT2D eigenvalue weighted by Crippen LogP contribution is -2.21. The molecule has 0 amide bonds. The molecule has 0 atom stereocenters. The molecule has 0 saturated heterocycles. The minimum absolute atomic E-state index is 0.574. The van der Waals surface area contributed by atoms with E-state index in [-0.39, 0.29) is 0 Å². The number of hydrogen-bond donors (Lipinski definition) is 0. The highest BCUT2D eigenvalue weighted by molar-refractivity contribution is 6.76. The van der Waals surface area contributed by atoms with Crippen LogP contribution in [0.5, 0.6) is 0 Å². The number of pyridine rings is 1. The molecule has 0 fully saturated rings. The second-order valence-corrected chi connectivity index (χ2v) is 11.0. The third-order valence-electron chi connectivity index (χ3n) is 2.65. The molecule has 0 N–H and O–H groups in total. The molecular weight excluding hydrogens is 230 g/mol. The average Bonchev–Trinajstić information content (AvgIpc) is 2.67. The second kappa shape index (κ2) is 4.97. The van der Waals surface area contributed by atoms with E-state index in [2.05, 4.69) is 29.6 Å². The molecule has 0 aliphatic rings. The van der Waals surface area contributed by atoms with E-state index in [1.54, 1.807) is 18.7 Å². The van der Waals surface area contributed by atoms with Gasteiger partial charge in [0.2, 0.25) is 0 Å². The van der Waals surface area contributed by atoms with E-state index in [9.17, 15) is 0 Å². The lowest BCUT2D eigenvalue weighted by atomic mass is 10.4. The van der Waals surface area contributed by atoms with Gasteiger partial charge < -0.3 is 9.30 Å². The largest absolute Gasteiger partial charge is 0.361 e. The molecule has 2 rings (SSSR count). The van der Waals surface area contributed by atoms with Gasteiger partial charge in [-0.1, -0.05) is 19.6 Å². The van der Waals surface area contributed by atoms with E-state index in [1.165, 1.54) is 6.04 Å². The van der Waals surface area contributed by atoms with Crippen LogP contribution < -0.4 is 0 Å². The summed E-state index contributed by atoms with van der Waals surface area (Å²) in [6.07, 6.45) is 5.36. The van der Waals surface area contributed by atoms with Crippen molar-refractivity contribution in [3.05, 3.63) is 24.8 Å². The first-order chi connectivity index (χ1) is 8.06. The maximum absolute atomic E-state index is 5.70. The Bertz CT molecular complexity index is 490. The molecule has 17 heavy (non-hydrogen) atoms. The minimum Gasteiger partial charge on any atom is -0.361 e. The van der Waals surface area contributed by atoms with Gasteiger partial charge in [0.05, 0.1) is 18.0 Å². The first-order valence-electron chi connectivity index (χ1n) is 5.89. The van der Waals surface area contributed by atoms with Crippen LogP contribution in [0, 0.1) is 0 Å². The summed E-state index contributed by atoms with van der Waals surface area (Å²) in [4.78, 5) is 8.32. The monoisotopic (exact) mass is 249 g/mol. The zero-order valence-corrected chi connectivity index (χ0v) is 11.7. The van der Waals surface area contributed by atoms with E-state index in [4.69, 9.17) is 4.74 Å². The number of rotatable bonds is 5. The van der Waals surface area contributed by atoms with Gasteiger partial charge in [0, 0.05) is 20.9 Å². The Kier molecular flexibility index (Phi) is 3.59. The van der Waals surface area contributed by atoms with Crippen molar-refractivity contribution in [3.63, 3.8) is 0 Å². The Labute approximate surface area is 103 Å². The summed E-state index contributed by atoms with van der Waals surface area (Å²) >= 11 is 0. The molecule has 0 aliphatic carbocycles. The van der Waals surface area contributed by atoms with Crippen molar-refractivity contribution in [2.75, 3.05) is 6.61 Å². The van der Waals surface area contributed by atoms with Crippen LogP contribution in [0.4, 0.5) is 0 Å². The molecule has 0 aromatic carbocycles. The lowest BCUT2D eigenvalue weighted by Gasteiger charge is -2.15. The first-order valence-corrected chi connectivity index (χ1v) is 9.59. The van der Waals surface area contributed by atoms with Crippen molar-refractivity contribution in [1.29, 1.82) is 0 Å². The van der Waals surface area contributed by atoms with Gasteiger partial charge in [-0.3, -0.25) is 4.98 Å². The van der Waals surface area contributed by atoms with Crippen LogP contribution in [0.15, 0.2) is 24.8 Å². The minimum atomic E-state index is -0.993. The smallest absolute Gasteiger partial charge is 0.124 e. The van der Waals surface area contributed by atoms with Crippen molar-refractivity contribution >= 4 is 19.1 Å². The zero-order chi connectivity index (χ0) is 12.3. The van der Waals surface area contributed by atoms with Gasteiger partial charge in [-0.2, -0.15) is 0 Å². The van der Waals surface area contributed by atoms with Gasteiger partial charge in [0.1, 0.15) is 12.2 Å². The molecule has 0 saturated carbocycles. The van der Waals surface area contributed by atoms with Gasteiger partial charge in [0.15, 0.2) is 0 Å². The predicted molar refractivity (Wildman–Crippen MR) is 71.6 cm³/mol. The highest BCUT2D eigenvalue weighted by Gasteiger charge is 2.12. The van der Waals surface area contributed by atoms with Crippen molar-refractivity contribution in [2.24, 2.45) is 0 Å². The summed E-state index contributed by atoms with van der Waals surface area (Å²) < 4.78 is 7.71. The van der Waals surface area contributed by atoms with Crippen molar-refractivity contribution in [3.8, 4) is 0 Å². The molecule has 0 spiro atoms. The number of ether oxygens (including phenoxy) is 1. The van der Waals surface area contributed by atoms with E-state index in [1.807, 2.05) is 10.6 Å². The topological polar surface area (TPSA) is 39.9 Å². The molecule has 2 aromatic rings. The number of nitrogens with zero attached hydrogens (tertiary/aromatic N) is 3. The average molecular weight is 249 g/mol. The molecule has 92 valence electrons. The van der Waals surface area contributed by atoms with Crippen molar-refractivity contribution in [1.82, 2.24) is 14.5 Å². The third-order valence-corrected chi connectivity index (χ3v) is 4.35. The predicted octanol–water partition coefficient (Wildman–Crippen LogP) is 2.74. The van der Waals surface area contributed by atoms with Crippen LogP contribution in [0.25, 0.3) is 11.0 Å². The normalized spacial score (nSPS) is 12.2. The van der Waals surface area contributed by atoms with E-state index in [0.717, 1.165) is 17.6 Å². The first kappa shape index (κ1) is 12.3. The Morgan fingerprint density at radius 2 is 2.18 bits per heavy atom. The molecular formula is C12H19N3OSi. The second-order valence-electron chi connectivity index (χ2n) is 5.43. The molecule has 4 nitrogen and oxygen atoms in total. The Morgan fingerprint density at radius 3 is 2.94 bits per heavy atom. The van der Waals surface area contributed by atoms with Gasteiger partial charge in [-0.05, 0) is 12.1 Å². The van der Waals surface area contributed by atoms with Crippen LogP contribution >= 0.6 is 0 Å². The number of hydrogen-bond acceptors (Lipinski definition) is 3. The molecule has 2 aromatic heterocycles. The third kappa shape index (κ3) is 3.37. The van der Waals surface area contributed by atoms with E-state index in [0.29, 0.717) is 6.73 Å². The summed E-state index contributed by atoms with van der Waals surface area (Å²) in [5, 5.41) is 0. The maximum atomic E-state index is 5.70. The Balaban J connectivity index is 1.91. The summed E-state index contributed by atoms with van der Waals surface area (Å²) in [7, 11) is -0.993. The SMILES string of the molecule is C[Si](C)(C)CCOCn1cnc2cnccc21. The molecule has 0 bridgehead atoms. The highest BCUT2D eigenvalue weighted by atomic mass is 28.3. The Morgan fingerprint density at radius 1 is 1.35 bits per heavy atom. The van der Waals surface area contributed by atoms with Gasteiger partial charge in [-0.25, -0.2) is 4.98 Å². The van der Waals surface area contributed by atoms with Crippen LogP contribution in [-0.4, -0.2) is 29.2 Å². The quantitative estimate of drug-likeness (QED) is 0.604. The maximum Gasteiger partial charge on any atom is 0.124 e. The number of imidazole rings is 1. The van der Waals surface area contributed by atoms with Crippen LogP contribution in [0.3, 0.4) is 0 Å². The summed E-state index contributed by atoms with van der Waals surface area (Å²) in [6.45, 7) is 8.48. The fourth-order valence-electron chi connectivity index (χ4n) is 1.56. The Hall–Kier alpha value is -1.20. The molecule has 0 radical (unpaired) electrons. The standard InChI is InChI=1S/C12H19N3OSi/c1-17(2,3)7-6-16-10-15-9-14-11-8-13-5-4-12(11)15/h4-5,8-9H,6-7,10H2,1-3H3. The highest BCUT2D eigenvalue weighted by Crippen LogP contribution is 2.11. The van der Waals surface area contributed by atoms with Gasteiger partial charge in [-0.15, -0.1) is 0 Å². The molecule has 0 aliphatic heterocycles. The molecule has 2 heterocycles. The lowest BCUT2D eigenvalue weighted by molar-refractivity contribution is 0.0898. The fourth-order valence-corrected chi connectivity index (χ4v) is 2.32. The number of fused-ring (bicyclic) bond motifs is 1.